The zero-order valence-electron chi connectivity index (χ0n) is 12.8. The zero-order chi connectivity index (χ0) is 17.2. The average molecular weight is 353 g/mol. The van der Waals surface area contributed by atoms with Crippen molar-refractivity contribution in [2.24, 2.45) is 0 Å². The van der Waals surface area contributed by atoms with E-state index >= 15 is 0 Å². The van der Waals surface area contributed by atoms with Gasteiger partial charge in [-0.2, -0.15) is 12.7 Å². The lowest BCUT2D eigenvalue weighted by Gasteiger charge is -2.33. The smallest absolute Gasteiger partial charge is 0.352 e. The Balaban J connectivity index is 1.74. The SMILES string of the molecule is O=C1NS(=O)(=O)N1c1cccc2c1OCc1nc3ccccc3cc1-2. The molecule has 2 aliphatic heterocycles. The second-order valence-corrected chi connectivity index (χ2v) is 7.31. The van der Waals surface area contributed by atoms with Gasteiger partial charge in [-0.3, -0.25) is 0 Å². The van der Waals surface area contributed by atoms with Crippen LogP contribution in [0.15, 0.2) is 48.5 Å². The van der Waals surface area contributed by atoms with E-state index in [9.17, 15) is 13.2 Å². The Morgan fingerprint density at radius 3 is 2.72 bits per heavy atom. The summed E-state index contributed by atoms with van der Waals surface area (Å²) < 4.78 is 32.1. The summed E-state index contributed by atoms with van der Waals surface area (Å²) in [5.74, 6) is 0.366. The molecule has 0 spiro atoms. The highest BCUT2D eigenvalue weighted by atomic mass is 32.2. The van der Waals surface area contributed by atoms with Crippen molar-refractivity contribution in [1.29, 1.82) is 0 Å². The normalized spacial score (nSPS) is 17.1. The van der Waals surface area contributed by atoms with E-state index in [0.717, 1.165) is 22.2 Å². The number of carbonyl (C=O) groups is 1. The number of urea groups is 1. The van der Waals surface area contributed by atoms with E-state index in [4.69, 9.17) is 4.74 Å². The number of ether oxygens (including phenoxy) is 1. The van der Waals surface area contributed by atoms with Gasteiger partial charge >= 0.3 is 16.2 Å². The predicted molar refractivity (Wildman–Crippen MR) is 91.4 cm³/mol. The van der Waals surface area contributed by atoms with Crippen LogP contribution in [-0.4, -0.2) is 19.4 Å². The summed E-state index contributed by atoms with van der Waals surface area (Å²) in [6.07, 6.45) is 0. The molecule has 0 unspecified atom stereocenters. The first-order chi connectivity index (χ1) is 12.0. The minimum atomic E-state index is -3.83. The van der Waals surface area contributed by atoms with E-state index in [1.807, 2.05) is 41.1 Å². The molecule has 5 rings (SSSR count). The van der Waals surface area contributed by atoms with Crippen molar-refractivity contribution in [1.82, 2.24) is 9.71 Å². The lowest BCUT2D eigenvalue weighted by Crippen LogP contribution is -2.62. The number of rotatable bonds is 1. The van der Waals surface area contributed by atoms with Gasteiger partial charge in [-0.15, -0.1) is 0 Å². The number of aromatic nitrogens is 1. The lowest BCUT2D eigenvalue weighted by molar-refractivity contribution is 0.249. The fourth-order valence-corrected chi connectivity index (χ4v) is 4.13. The van der Waals surface area contributed by atoms with Gasteiger partial charge in [-0.05, 0) is 18.2 Å². The number of anilines is 1. The van der Waals surface area contributed by atoms with Crippen molar-refractivity contribution in [2.75, 3.05) is 4.31 Å². The molecule has 1 saturated heterocycles. The molecule has 7 nitrogen and oxygen atoms in total. The summed E-state index contributed by atoms with van der Waals surface area (Å²) in [6, 6.07) is 14.1. The summed E-state index contributed by atoms with van der Waals surface area (Å²) in [7, 11) is -3.83. The number of para-hydroxylation sites is 2. The molecular weight excluding hydrogens is 342 g/mol. The van der Waals surface area contributed by atoms with E-state index in [0.29, 0.717) is 15.6 Å². The highest BCUT2D eigenvalue weighted by Crippen LogP contribution is 2.45. The van der Waals surface area contributed by atoms with Crippen molar-refractivity contribution in [3.8, 4) is 16.9 Å². The Kier molecular flexibility index (Phi) is 2.68. The van der Waals surface area contributed by atoms with Crippen molar-refractivity contribution in [3.05, 3.63) is 54.2 Å². The third-order valence-electron chi connectivity index (χ3n) is 4.30. The van der Waals surface area contributed by atoms with Gasteiger partial charge in [0.2, 0.25) is 0 Å². The minimum absolute atomic E-state index is 0.208. The fourth-order valence-electron chi connectivity index (χ4n) is 3.19. The van der Waals surface area contributed by atoms with Gasteiger partial charge in [-0.25, -0.2) is 14.5 Å². The van der Waals surface area contributed by atoms with Crippen molar-refractivity contribution in [2.45, 2.75) is 6.61 Å². The van der Waals surface area contributed by atoms with E-state index in [2.05, 4.69) is 4.98 Å². The molecule has 0 bridgehead atoms. The molecule has 124 valence electrons. The van der Waals surface area contributed by atoms with Crippen LogP contribution in [-0.2, 0) is 16.8 Å². The summed E-state index contributed by atoms with van der Waals surface area (Å²) in [6.45, 7) is 0.208. The molecule has 1 fully saturated rings. The average Bonchev–Trinajstić information content (AvgIpc) is 2.59. The first kappa shape index (κ1) is 14.2. The fraction of sp³-hybridized carbons (Fsp3) is 0.0588. The molecule has 8 heteroatoms. The Hall–Kier alpha value is -3.13. The topological polar surface area (TPSA) is 88.6 Å². The van der Waals surface area contributed by atoms with Gasteiger partial charge in [0.05, 0.1) is 11.2 Å². The third-order valence-corrected chi connectivity index (χ3v) is 5.58. The van der Waals surface area contributed by atoms with Crippen LogP contribution < -0.4 is 13.8 Å². The van der Waals surface area contributed by atoms with E-state index in [-0.39, 0.29) is 12.3 Å². The number of hydrogen-bond acceptors (Lipinski definition) is 5. The largest absolute Gasteiger partial charge is 0.484 e. The molecule has 3 heterocycles. The molecule has 0 atom stereocenters. The van der Waals surface area contributed by atoms with Gasteiger partial charge < -0.3 is 4.74 Å². The Bertz CT molecular complexity index is 1170. The maximum Gasteiger partial charge on any atom is 0.352 e. The van der Waals surface area contributed by atoms with Crippen LogP contribution >= 0.6 is 0 Å². The van der Waals surface area contributed by atoms with Crippen molar-refractivity contribution < 1.29 is 17.9 Å². The van der Waals surface area contributed by atoms with Crippen LogP contribution in [0.2, 0.25) is 0 Å². The molecule has 0 aliphatic carbocycles. The monoisotopic (exact) mass is 353 g/mol. The zero-order valence-corrected chi connectivity index (χ0v) is 13.6. The molecule has 1 aromatic heterocycles. The van der Waals surface area contributed by atoms with Gasteiger partial charge in [0.25, 0.3) is 0 Å². The number of pyridine rings is 1. The van der Waals surface area contributed by atoms with Crippen LogP contribution in [0.3, 0.4) is 0 Å². The Morgan fingerprint density at radius 2 is 1.92 bits per heavy atom. The number of nitrogens with one attached hydrogen (secondary N) is 1. The summed E-state index contributed by atoms with van der Waals surface area (Å²) in [5.41, 5.74) is 3.44. The van der Waals surface area contributed by atoms with Crippen LogP contribution in [0, 0.1) is 0 Å². The summed E-state index contributed by atoms with van der Waals surface area (Å²) >= 11 is 0. The molecule has 0 saturated carbocycles. The maximum atomic E-state index is 11.9. The predicted octanol–water partition coefficient (Wildman–Crippen LogP) is 2.57. The molecular formula is C17H11N3O4S. The van der Waals surface area contributed by atoms with Crippen molar-refractivity contribution in [3.63, 3.8) is 0 Å². The third kappa shape index (κ3) is 1.94. The van der Waals surface area contributed by atoms with E-state index in [1.54, 1.807) is 12.1 Å². The van der Waals surface area contributed by atoms with Crippen LogP contribution in [0.25, 0.3) is 22.0 Å². The molecule has 2 aliphatic rings. The summed E-state index contributed by atoms with van der Waals surface area (Å²) in [4.78, 5) is 16.4. The maximum absolute atomic E-state index is 11.9. The number of nitrogens with zero attached hydrogens (tertiary/aromatic N) is 2. The quantitative estimate of drug-likeness (QED) is 0.726. The minimum Gasteiger partial charge on any atom is -0.484 e. The van der Waals surface area contributed by atoms with E-state index in [1.165, 1.54) is 0 Å². The van der Waals surface area contributed by atoms with Gasteiger partial charge in [0, 0.05) is 16.5 Å². The number of benzene rings is 2. The number of amides is 2. The first-order valence-electron chi connectivity index (χ1n) is 7.56. The highest BCUT2D eigenvalue weighted by Gasteiger charge is 2.44. The second kappa shape index (κ2) is 4.70. The summed E-state index contributed by atoms with van der Waals surface area (Å²) in [5, 5.41) is 0.980. The second-order valence-electron chi connectivity index (χ2n) is 5.79. The van der Waals surface area contributed by atoms with Crippen molar-refractivity contribution >= 4 is 32.8 Å². The van der Waals surface area contributed by atoms with Gasteiger partial charge in [-0.1, -0.05) is 30.3 Å². The molecule has 2 amide bonds. The molecule has 1 N–H and O–H groups in total. The molecule has 0 radical (unpaired) electrons. The van der Waals surface area contributed by atoms with Gasteiger partial charge in [0.1, 0.15) is 12.3 Å². The molecule has 25 heavy (non-hydrogen) atoms. The Morgan fingerprint density at radius 1 is 1.08 bits per heavy atom. The first-order valence-corrected chi connectivity index (χ1v) is 9.00. The standard InChI is InChI=1S/C17H11N3O4S/c21-17-19-25(22,23)20(17)15-7-3-5-11-12-8-10-4-1-2-6-13(10)18-14(12)9-24-16(11)15/h1-8H,9H2,(H,19,21). The van der Waals surface area contributed by atoms with E-state index < -0.39 is 16.2 Å². The Labute approximate surface area is 143 Å². The number of fused-ring (bicyclic) bond motifs is 4. The highest BCUT2D eigenvalue weighted by molar-refractivity contribution is 7.94. The molecule has 2 aromatic carbocycles. The number of carbonyl (C=O) groups excluding carboxylic acids is 1. The van der Waals surface area contributed by atoms with Gasteiger partial charge in [0.15, 0.2) is 5.75 Å². The van der Waals surface area contributed by atoms with Crippen LogP contribution in [0.1, 0.15) is 5.69 Å². The number of hydrogen-bond donors (Lipinski definition) is 1. The van der Waals surface area contributed by atoms with Crippen LogP contribution in [0.5, 0.6) is 5.75 Å². The van der Waals surface area contributed by atoms with Crippen LogP contribution in [0.4, 0.5) is 10.5 Å². The molecule has 3 aromatic rings. The lowest BCUT2D eigenvalue weighted by atomic mass is 9.98.